The molecule has 0 saturated carbocycles. The third-order valence-electron chi connectivity index (χ3n) is 1.67. The number of hydrogen-bond acceptors (Lipinski definition) is 2. The molecule has 1 aromatic carbocycles. The first-order chi connectivity index (χ1) is 5.92. The maximum Gasteiger partial charge on any atom is 0.131 e. The SMILES string of the molecule is B/C=C/n1nnc2ccccc21. The fourth-order valence-corrected chi connectivity index (χ4v) is 1.14. The molecule has 0 atom stereocenters. The van der Waals surface area contributed by atoms with E-state index in [0.717, 1.165) is 11.0 Å². The number of para-hydroxylation sites is 1. The van der Waals surface area contributed by atoms with Gasteiger partial charge in [-0.3, -0.25) is 0 Å². The highest BCUT2D eigenvalue weighted by Crippen LogP contribution is 2.09. The minimum Gasteiger partial charge on any atom is -0.221 e. The van der Waals surface area contributed by atoms with E-state index in [9.17, 15) is 0 Å². The summed E-state index contributed by atoms with van der Waals surface area (Å²) in [6.07, 6.45) is 1.88. The highest BCUT2D eigenvalue weighted by Gasteiger charge is 1.97. The summed E-state index contributed by atoms with van der Waals surface area (Å²) in [5, 5.41) is 7.96. The summed E-state index contributed by atoms with van der Waals surface area (Å²) in [5.74, 6) is 1.93. The van der Waals surface area contributed by atoms with Crippen LogP contribution in [0.2, 0.25) is 0 Å². The average Bonchev–Trinajstić information content (AvgIpc) is 2.50. The van der Waals surface area contributed by atoms with Crippen LogP contribution < -0.4 is 0 Å². The largest absolute Gasteiger partial charge is 0.221 e. The fraction of sp³-hybridized carbons (Fsp3) is 0. The van der Waals surface area contributed by atoms with Crippen LogP contribution in [0.25, 0.3) is 17.2 Å². The Hall–Kier alpha value is -1.58. The molecular weight excluding hydrogens is 149 g/mol. The van der Waals surface area contributed by atoms with E-state index in [2.05, 4.69) is 10.3 Å². The molecule has 0 radical (unpaired) electrons. The van der Waals surface area contributed by atoms with Crippen molar-refractivity contribution in [1.29, 1.82) is 0 Å². The van der Waals surface area contributed by atoms with Gasteiger partial charge in [0.1, 0.15) is 13.4 Å². The fourth-order valence-electron chi connectivity index (χ4n) is 1.14. The van der Waals surface area contributed by atoms with Crippen LogP contribution in [0.4, 0.5) is 0 Å². The third kappa shape index (κ3) is 1.01. The van der Waals surface area contributed by atoms with Gasteiger partial charge in [0.2, 0.25) is 0 Å². The van der Waals surface area contributed by atoms with Crippen LogP contribution in [-0.2, 0) is 0 Å². The normalized spacial score (nSPS) is 11.3. The second-order valence-corrected chi connectivity index (χ2v) is 2.51. The van der Waals surface area contributed by atoms with Gasteiger partial charge in [-0.2, -0.15) is 0 Å². The van der Waals surface area contributed by atoms with Crippen molar-refractivity contribution < 1.29 is 0 Å². The van der Waals surface area contributed by atoms with Crippen molar-refractivity contribution in [3.8, 4) is 0 Å². The Balaban J connectivity index is 2.70. The zero-order valence-electron chi connectivity index (χ0n) is 6.81. The maximum atomic E-state index is 4.00. The van der Waals surface area contributed by atoms with Gasteiger partial charge in [-0.05, 0) is 12.1 Å². The lowest BCUT2D eigenvalue weighted by molar-refractivity contribution is 0.862. The van der Waals surface area contributed by atoms with Crippen molar-refractivity contribution in [2.75, 3.05) is 0 Å². The molecule has 0 spiro atoms. The van der Waals surface area contributed by atoms with E-state index in [1.807, 2.05) is 44.3 Å². The van der Waals surface area contributed by atoms with Crippen LogP contribution >= 0.6 is 0 Å². The molecule has 0 unspecified atom stereocenters. The first-order valence-electron chi connectivity index (χ1n) is 3.84. The second-order valence-electron chi connectivity index (χ2n) is 2.51. The van der Waals surface area contributed by atoms with Crippen molar-refractivity contribution in [2.45, 2.75) is 0 Å². The molecule has 0 bridgehead atoms. The summed E-state index contributed by atoms with van der Waals surface area (Å²) in [5.41, 5.74) is 1.96. The van der Waals surface area contributed by atoms with E-state index in [-0.39, 0.29) is 0 Å². The minimum absolute atomic E-state index is 0.926. The Morgan fingerprint density at radius 2 is 2.17 bits per heavy atom. The molecule has 0 aliphatic heterocycles. The summed E-state index contributed by atoms with van der Waals surface area (Å²) >= 11 is 0. The molecule has 4 heteroatoms. The molecule has 0 amide bonds. The predicted molar refractivity (Wildman–Crippen MR) is 51.4 cm³/mol. The number of rotatable bonds is 1. The lowest BCUT2D eigenvalue weighted by Crippen LogP contribution is -1.87. The van der Waals surface area contributed by atoms with Crippen molar-refractivity contribution in [3.05, 3.63) is 30.2 Å². The summed E-state index contributed by atoms with van der Waals surface area (Å²) in [4.78, 5) is 0. The Morgan fingerprint density at radius 3 is 3.00 bits per heavy atom. The van der Waals surface area contributed by atoms with Crippen LogP contribution in [0, 0.1) is 0 Å². The standard InChI is InChI=1S/C8H8BN3/c9-5-6-12-8-4-2-1-3-7(8)10-11-12/h1-6H,9H2/b6-5+. The van der Waals surface area contributed by atoms with Crippen molar-refractivity contribution >= 4 is 25.1 Å². The van der Waals surface area contributed by atoms with Gasteiger partial charge in [0.15, 0.2) is 0 Å². The maximum absolute atomic E-state index is 4.00. The van der Waals surface area contributed by atoms with Gasteiger partial charge in [0.25, 0.3) is 0 Å². The van der Waals surface area contributed by atoms with Crippen LogP contribution in [-0.4, -0.2) is 22.8 Å². The van der Waals surface area contributed by atoms with Crippen LogP contribution in [0.5, 0.6) is 0 Å². The van der Waals surface area contributed by atoms with Crippen molar-refractivity contribution in [1.82, 2.24) is 15.0 Å². The first-order valence-corrected chi connectivity index (χ1v) is 3.84. The molecule has 0 aliphatic carbocycles. The van der Waals surface area contributed by atoms with E-state index in [1.54, 1.807) is 4.68 Å². The summed E-state index contributed by atoms with van der Waals surface area (Å²) in [6, 6.07) is 7.88. The molecule has 58 valence electrons. The molecular formula is C8H8BN3. The summed E-state index contributed by atoms with van der Waals surface area (Å²) in [6.45, 7) is 0. The van der Waals surface area contributed by atoms with Crippen LogP contribution in [0.15, 0.2) is 30.2 Å². The van der Waals surface area contributed by atoms with E-state index < -0.39 is 0 Å². The molecule has 0 aliphatic rings. The van der Waals surface area contributed by atoms with Crippen molar-refractivity contribution in [2.24, 2.45) is 0 Å². The molecule has 1 aromatic heterocycles. The van der Waals surface area contributed by atoms with Crippen molar-refractivity contribution in [3.63, 3.8) is 0 Å². The van der Waals surface area contributed by atoms with Gasteiger partial charge in [-0.15, -0.1) is 11.1 Å². The highest BCUT2D eigenvalue weighted by atomic mass is 15.4. The van der Waals surface area contributed by atoms with E-state index in [0.29, 0.717) is 0 Å². The van der Waals surface area contributed by atoms with E-state index >= 15 is 0 Å². The van der Waals surface area contributed by atoms with Gasteiger partial charge < -0.3 is 0 Å². The molecule has 0 saturated heterocycles. The predicted octanol–water partition coefficient (Wildman–Crippen LogP) is 0.493. The Labute approximate surface area is 71.1 Å². The number of hydrogen-bond donors (Lipinski definition) is 0. The molecule has 2 aromatic rings. The second kappa shape index (κ2) is 2.81. The lowest BCUT2D eigenvalue weighted by atomic mass is 10.2. The molecule has 12 heavy (non-hydrogen) atoms. The number of aromatic nitrogens is 3. The zero-order valence-corrected chi connectivity index (χ0v) is 6.81. The smallest absolute Gasteiger partial charge is 0.131 e. The van der Waals surface area contributed by atoms with Gasteiger partial charge in [-0.25, -0.2) is 4.68 Å². The molecule has 2 rings (SSSR count). The van der Waals surface area contributed by atoms with Gasteiger partial charge in [-0.1, -0.05) is 17.3 Å². The molecule has 1 heterocycles. The number of fused-ring (bicyclic) bond motifs is 1. The topological polar surface area (TPSA) is 30.7 Å². The van der Waals surface area contributed by atoms with E-state index in [1.165, 1.54) is 0 Å². The lowest BCUT2D eigenvalue weighted by Gasteiger charge is -1.90. The molecule has 3 nitrogen and oxygen atoms in total. The molecule has 0 fully saturated rings. The molecule has 0 N–H and O–H groups in total. The van der Waals surface area contributed by atoms with Gasteiger partial charge >= 0.3 is 0 Å². The Morgan fingerprint density at radius 1 is 1.33 bits per heavy atom. The quantitative estimate of drug-likeness (QED) is 0.564. The summed E-state index contributed by atoms with van der Waals surface area (Å²) in [7, 11) is 1.95. The number of nitrogens with zero attached hydrogens (tertiary/aromatic N) is 3. The zero-order chi connectivity index (χ0) is 8.39. The van der Waals surface area contributed by atoms with Crippen LogP contribution in [0.3, 0.4) is 0 Å². The third-order valence-corrected chi connectivity index (χ3v) is 1.67. The van der Waals surface area contributed by atoms with E-state index in [4.69, 9.17) is 0 Å². The first kappa shape index (κ1) is 7.09. The van der Waals surface area contributed by atoms with Crippen LogP contribution in [0.1, 0.15) is 0 Å². The average molecular weight is 157 g/mol. The Bertz CT molecular complexity index is 419. The van der Waals surface area contributed by atoms with Gasteiger partial charge in [0, 0.05) is 6.20 Å². The monoisotopic (exact) mass is 157 g/mol. The minimum atomic E-state index is 0.926. The Kier molecular flexibility index (Phi) is 1.66. The summed E-state index contributed by atoms with van der Waals surface area (Å²) < 4.78 is 1.76. The number of benzene rings is 1. The highest BCUT2D eigenvalue weighted by molar-refractivity contribution is 6.18. The van der Waals surface area contributed by atoms with Gasteiger partial charge in [0.05, 0.1) is 5.52 Å².